The number of benzene rings is 2. The maximum absolute atomic E-state index is 12.6. The number of para-hydroxylation sites is 1. The molecule has 2 N–H and O–H groups in total. The summed E-state index contributed by atoms with van der Waals surface area (Å²) < 4.78 is 2.24. The number of fused-ring (bicyclic) bond motifs is 1. The lowest BCUT2D eigenvalue weighted by Gasteiger charge is -2.14. The minimum Gasteiger partial charge on any atom is -0.292 e. The van der Waals surface area contributed by atoms with Crippen molar-refractivity contribution in [3.05, 3.63) is 77.2 Å². The first-order valence-corrected chi connectivity index (χ1v) is 13.6. The third-order valence-electron chi connectivity index (χ3n) is 4.71. The Bertz CT molecular complexity index is 1290. The van der Waals surface area contributed by atoms with E-state index in [4.69, 9.17) is 12.2 Å². The Morgan fingerprint density at radius 3 is 2.60 bits per heavy atom. The lowest BCUT2D eigenvalue weighted by Crippen LogP contribution is -2.44. The highest BCUT2D eigenvalue weighted by atomic mass is 32.2. The number of hydrogen-bond acceptors (Lipinski definition) is 8. The van der Waals surface area contributed by atoms with Gasteiger partial charge in [0.05, 0.1) is 20.9 Å². The summed E-state index contributed by atoms with van der Waals surface area (Å²) in [5, 5.41) is 0. The van der Waals surface area contributed by atoms with Crippen LogP contribution in [0.5, 0.6) is 0 Å². The number of hydrogen-bond donors (Lipinski definition) is 2. The highest BCUT2D eigenvalue weighted by Crippen LogP contribution is 2.31. The first kappa shape index (κ1) is 25.1. The van der Waals surface area contributed by atoms with Crippen molar-refractivity contribution in [1.29, 1.82) is 0 Å². The zero-order chi connectivity index (χ0) is 24.6. The maximum Gasteiger partial charge on any atom is 0.266 e. The number of nitrogens with one attached hydrogen (secondary N) is 2. The fourth-order valence-corrected chi connectivity index (χ4v) is 6.14. The molecule has 2 aromatic carbocycles. The van der Waals surface area contributed by atoms with Crippen molar-refractivity contribution in [2.75, 3.05) is 12.3 Å². The van der Waals surface area contributed by atoms with Crippen LogP contribution in [0.25, 0.3) is 16.3 Å². The van der Waals surface area contributed by atoms with E-state index in [-0.39, 0.29) is 30.5 Å². The lowest BCUT2D eigenvalue weighted by atomic mass is 10.2. The van der Waals surface area contributed by atoms with Crippen molar-refractivity contribution in [2.45, 2.75) is 10.8 Å². The van der Waals surface area contributed by atoms with Crippen LogP contribution in [0.4, 0.5) is 0 Å². The minimum absolute atomic E-state index is 0.00483. The van der Waals surface area contributed by atoms with Gasteiger partial charge in [0.2, 0.25) is 11.8 Å². The van der Waals surface area contributed by atoms with Gasteiger partial charge in [0.1, 0.15) is 4.32 Å². The summed E-state index contributed by atoms with van der Waals surface area (Å²) in [5.74, 6) is -0.871. The molecular formula is C24H20N4O3S4. The van der Waals surface area contributed by atoms with Crippen molar-refractivity contribution in [3.8, 4) is 0 Å². The van der Waals surface area contributed by atoms with E-state index in [0.717, 1.165) is 20.1 Å². The third-order valence-corrected chi connectivity index (χ3v) is 8.29. The standard InChI is InChI=1S/C24H20N4O3S4/c29-20(26-27-21(30)15-33-23-25-17-10-4-5-11-18(17)34-23)13-14-28-22(31)19(35-24(28)32)12-6-9-16-7-2-1-3-8-16/h1-12H,13-15H2,(H,26,29)(H,27,30)/b9-6+,19-12-. The van der Waals surface area contributed by atoms with Crippen LogP contribution in [0.2, 0.25) is 0 Å². The molecule has 0 aliphatic carbocycles. The van der Waals surface area contributed by atoms with E-state index in [9.17, 15) is 14.4 Å². The van der Waals surface area contributed by atoms with Crippen molar-refractivity contribution >= 4 is 85.4 Å². The van der Waals surface area contributed by atoms with Crippen LogP contribution >= 0.6 is 47.1 Å². The van der Waals surface area contributed by atoms with Gasteiger partial charge in [-0.25, -0.2) is 4.98 Å². The number of carbonyl (C=O) groups is 3. The van der Waals surface area contributed by atoms with Gasteiger partial charge in [0.25, 0.3) is 5.91 Å². The van der Waals surface area contributed by atoms with Gasteiger partial charge in [0, 0.05) is 13.0 Å². The molecule has 0 bridgehead atoms. The molecular weight excluding hydrogens is 521 g/mol. The monoisotopic (exact) mass is 540 g/mol. The van der Waals surface area contributed by atoms with Crippen molar-refractivity contribution in [2.24, 2.45) is 0 Å². The number of allylic oxidation sites excluding steroid dienone is 2. The number of aromatic nitrogens is 1. The number of thioether (sulfide) groups is 2. The molecule has 1 aliphatic heterocycles. The van der Waals surface area contributed by atoms with Crippen LogP contribution in [-0.2, 0) is 14.4 Å². The average Bonchev–Trinajstić information content (AvgIpc) is 3.40. The summed E-state index contributed by atoms with van der Waals surface area (Å²) >= 11 is 9.32. The molecule has 11 heteroatoms. The van der Waals surface area contributed by atoms with Crippen molar-refractivity contribution in [1.82, 2.24) is 20.7 Å². The van der Waals surface area contributed by atoms with E-state index >= 15 is 0 Å². The molecule has 0 atom stereocenters. The zero-order valence-corrected chi connectivity index (χ0v) is 21.6. The molecule has 0 spiro atoms. The topological polar surface area (TPSA) is 91.4 Å². The predicted molar refractivity (Wildman–Crippen MR) is 147 cm³/mol. The predicted octanol–water partition coefficient (Wildman–Crippen LogP) is 4.38. The molecule has 7 nitrogen and oxygen atoms in total. The summed E-state index contributed by atoms with van der Waals surface area (Å²) in [6.45, 7) is 0.132. The van der Waals surface area contributed by atoms with Gasteiger partial charge in [-0.2, -0.15) is 0 Å². The second-order valence-electron chi connectivity index (χ2n) is 7.21. The average molecular weight is 541 g/mol. The molecule has 0 unspecified atom stereocenters. The Hall–Kier alpha value is -2.99. The number of thiazole rings is 1. The first-order valence-electron chi connectivity index (χ1n) is 10.5. The van der Waals surface area contributed by atoms with Crippen LogP contribution in [0, 0.1) is 0 Å². The Morgan fingerprint density at radius 1 is 1.06 bits per heavy atom. The molecule has 4 rings (SSSR count). The largest absolute Gasteiger partial charge is 0.292 e. The molecule has 0 radical (unpaired) electrons. The molecule has 3 aromatic rings. The Morgan fingerprint density at radius 2 is 1.80 bits per heavy atom. The van der Waals surface area contributed by atoms with Gasteiger partial charge in [-0.05, 0) is 23.8 Å². The molecule has 0 saturated carbocycles. The lowest BCUT2D eigenvalue weighted by molar-refractivity contribution is -0.128. The Kier molecular flexibility index (Phi) is 8.69. The normalized spacial score (nSPS) is 14.9. The first-order chi connectivity index (χ1) is 17.0. The van der Waals surface area contributed by atoms with E-state index in [2.05, 4.69) is 15.8 Å². The van der Waals surface area contributed by atoms with Gasteiger partial charge < -0.3 is 0 Å². The van der Waals surface area contributed by atoms with Crippen LogP contribution < -0.4 is 10.9 Å². The third kappa shape index (κ3) is 7.01. The SMILES string of the molecule is O=C(CCN1C(=O)/C(=C/C=C/c2ccccc2)SC1=S)NNC(=O)CSc1nc2ccccc2s1. The molecule has 1 aliphatic rings. The molecule has 1 aromatic heterocycles. The molecule has 1 fully saturated rings. The Balaban J connectivity index is 1.19. The number of rotatable bonds is 8. The van der Waals surface area contributed by atoms with Gasteiger partial charge in [-0.15, -0.1) is 11.3 Å². The number of hydrazine groups is 1. The summed E-state index contributed by atoms with van der Waals surface area (Å²) in [7, 11) is 0. The molecule has 178 valence electrons. The number of thiocarbonyl (C=S) groups is 1. The summed E-state index contributed by atoms with van der Waals surface area (Å²) in [4.78, 5) is 43.2. The second-order valence-corrected chi connectivity index (χ2v) is 11.1. The minimum atomic E-state index is -0.412. The van der Waals surface area contributed by atoms with Crippen LogP contribution in [0.1, 0.15) is 12.0 Å². The van der Waals surface area contributed by atoms with Crippen molar-refractivity contribution in [3.63, 3.8) is 0 Å². The summed E-state index contributed by atoms with van der Waals surface area (Å²) in [6, 6.07) is 17.5. The van der Waals surface area contributed by atoms with E-state index < -0.39 is 5.91 Å². The van der Waals surface area contributed by atoms with E-state index in [1.807, 2.05) is 60.7 Å². The quantitative estimate of drug-likeness (QED) is 0.190. The Labute approximate surface area is 220 Å². The molecule has 2 heterocycles. The summed E-state index contributed by atoms with van der Waals surface area (Å²) in [5.41, 5.74) is 6.69. The fourth-order valence-electron chi connectivity index (χ4n) is 3.01. The highest BCUT2D eigenvalue weighted by Gasteiger charge is 2.31. The van der Waals surface area contributed by atoms with Gasteiger partial charge in [-0.1, -0.05) is 90.4 Å². The van der Waals surface area contributed by atoms with Crippen LogP contribution in [0.3, 0.4) is 0 Å². The van der Waals surface area contributed by atoms with Crippen molar-refractivity contribution < 1.29 is 14.4 Å². The highest BCUT2D eigenvalue weighted by molar-refractivity contribution is 8.26. The maximum atomic E-state index is 12.6. The van der Waals surface area contributed by atoms with Gasteiger partial charge in [-0.3, -0.25) is 30.1 Å². The number of amides is 3. The van der Waals surface area contributed by atoms with Crippen LogP contribution in [0.15, 0.2) is 76.0 Å². The zero-order valence-electron chi connectivity index (χ0n) is 18.3. The number of nitrogens with zero attached hydrogens (tertiary/aromatic N) is 2. The second kappa shape index (κ2) is 12.1. The van der Waals surface area contributed by atoms with E-state index in [1.165, 1.54) is 39.8 Å². The fraction of sp³-hybridized carbons (Fsp3) is 0.125. The molecule has 1 saturated heterocycles. The molecule has 35 heavy (non-hydrogen) atoms. The summed E-state index contributed by atoms with van der Waals surface area (Å²) in [6.07, 6.45) is 5.43. The van der Waals surface area contributed by atoms with Gasteiger partial charge >= 0.3 is 0 Å². The molecule has 3 amide bonds. The van der Waals surface area contributed by atoms with E-state index in [1.54, 1.807) is 12.2 Å². The van der Waals surface area contributed by atoms with E-state index in [0.29, 0.717) is 9.23 Å². The van der Waals surface area contributed by atoms with Crippen LogP contribution in [-0.4, -0.2) is 44.2 Å². The van der Waals surface area contributed by atoms with Gasteiger partial charge in [0.15, 0.2) is 4.34 Å². The smallest absolute Gasteiger partial charge is 0.266 e. The number of carbonyl (C=O) groups excluding carboxylic acids is 3.